The Morgan fingerprint density at radius 1 is 1.12 bits per heavy atom. The van der Waals surface area contributed by atoms with Crippen molar-refractivity contribution >= 4 is 17.3 Å². The Balaban J connectivity index is 1.70. The van der Waals surface area contributed by atoms with Gasteiger partial charge in [0, 0.05) is 6.54 Å². The van der Waals surface area contributed by atoms with Gasteiger partial charge in [0.15, 0.2) is 0 Å². The van der Waals surface area contributed by atoms with E-state index in [0.29, 0.717) is 6.54 Å². The molecule has 0 saturated heterocycles. The largest absolute Gasteiger partial charge is 0.379 e. The summed E-state index contributed by atoms with van der Waals surface area (Å²) in [6.07, 6.45) is 2.95. The number of aromatic nitrogens is 3. The lowest BCUT2D eigenvalue weighted by atomic mass is 10.1. The van der Waals surface area contributed by atoms with Gasteiger partial charge in [0.2, 0.25) is 5.91 Å². The maximum absolute atomic E-state index is 12.5. The van der Waals surface area contributed by atoms with E-state index in [2.05, 4.69) is 39.8 Å². The third-order valence-corrected chi connectivity index (χ3v) is 4.13. The summed E-state index contributed by atoms with van der Waals surface area (Å²) in [5, 5.41) is 10.4. The Hall–Kier alpha value is -3.15. The number of benzene rings is 2. The molecule has 3 aromatic rings. The summed E-state index contributed by atoms with van der Waals surface area (Å²) in [7, 11) is 0. The number of amides is 1. The van der Waals surface area contributed by atoms with Crippen molar-refractivity contribution in [2.45, 2.75) is 26.4 Å². The molecule has 2 N–H and O–H groups in total. The van der Waals surface area contributed by atoms with E-state index in [1.54, 1.807) is 6.92 Å². The fourth-order valence-electron chi connectivity index (χ4n) is 2.52. The molecule has 0 aliphatic heterocycles. The molecular formula is C19H21N5O. The van der Waals surface area contributed by atoms with Crippen LogP contribution in [-0.2, 0) is 11.3 Å². The van der Waals surface area contributed by atoms with Gasteiger partial charge in [0.25, 0.3) is 0 Å². The van der Waals surface area contributed by atoms with Gasteiger partial charge in [-0.05, 0) is 37.1 Å². The number of para-hydroxylation sites is 2. The number of hydrogen-bond acceptors (Lipinski definition) is 4. The molecule has 0 fully saturated rings. The molecule has 0 bridgehead atoms. The lowest BCUT2D eigenvalue weighted by Gasteiger charge is -2.16. The van der Waals surface area contributed by atoms with Crippen LogP contribution in [0.25, 0.3) is 0 Å². The predicted molar refractivity (Wildman–Crippen MR) is 98.3 cm³/mol. The Bertz CT molecular complexity index is 845. The number of hydrogen-bond donors (Lipinski definition) is 2. The van der Waals surface area contributed by atoms with Gasteiger partial charge >= 0.3 is 0 Å². The Morgan fingerprint density at radius 2 is 1.84 bits per heavy atom. The van der Waals surface area contributed by atoms with Crippen LogP contribution in [0.2, 0.25) is 0 Å². The Kier molecular flexibility index (Phi) is 5.09. The highest BCUT2D eigenvalue weighted by molar-refractivity contribution is 5.96. The van der Waals surface area contributed by atoms with Crippen LogP contribution in [0, 0.1) is 6.92 Å². The normalized spacial score (nSPS) is 11.8. The van der Waals surface area contributed by atoms with Crippen LogP contribution in [-0.4, -0.2) is 20.7 Å². The van der Waals surface area contributed by atoms with Crippen LogP contribution in [0.3, 0.4) is 0 Å². The highest BCUT2D eigenvalue weighted by atomic mass is 16.2. The van der Waals surface area contributed by atoms with Gasteiger partial charge in [-0.3, -0.25) is 4.79 Å². The van der Waals surface area contributed by atoms with Crippen LogP contribution in [0.15, 0.2) is 61.2 Å². The van der Waals surface area contributed by atoms with E-state index in [-0.39, 0.29) is 5.91 Å². The average molecular weight is 335 g/mol. The first kappa shape index (κ1) is 16.7. The van der Waals surface area contributed by atoms with E-state index in [1.165, 1.54) is 28.5 Å². The van der Waals surface area contributed by atoms with Crippen molar-refractivity contribution in [3.8, 4) is 0 Å². The lowest BCUT2D eigenvalue weighted by molar-refractivity contribution is -0.119. The average Bonchev–Trinajstić information content (AvgIpc) is 3.16. The molecule has 3 rings (SSSR count). The minimum Gasteiger partial charge on any atom is -0.379 e. The summed E-state index contributed by atoms with van der Waals surface area (Å²) in [6.45, 7) is 4.57. The first-order valence-electron chi connectivity index (χ1n) is 8.17. The van der Waals surface area contributed by atoms with Gasteiger partial charge in [-0.2, -0.15) is 5.10 Å². The molecule has 0 aliphatic carbocycles. The SMILES string of the molecule is Cc1ccccc1CNc1ccccc1NC(=O)[C@@H](C)n1cncn1. The molecule has 0 radical (unpaired) electrons. The van der Waals surface area contributed by atoms with Crippen molar-refractivity contribution in [1.82, 2.24) is 14.8 Å². The smallest absolute Gasteiger partial charge is 0.249 e. The summed E-state index contributed by atoms with van der Waals surface area (Å²) in [5.74, 6) is -0.143. The van der Waals surface area contributed by atoms with Gasteiger partial charge in [0.05, 0.1) is 11.4 Å². The Morgan fingerprint density at radius 3 is 2.56 bits per heavy atom. The third kappa shape index (κ3) is 4.03. The molecule has 2 aromatic carbocycles. The number of rotatable bonds is 6. The second-order valence-electron chi connectivity index (χ2n) is 5.87. The van der Waals surface area contributed by atoms with Gasteiger partial charge in [-0.1, -0.05) is 36.4 Å². The van der Waals surface area contributed by atoms with E-state index >= 15 is 0 Å². The van der Waals surface area contributed by atoms with Crippen molar-refractivity contribution < 1.29 is 4.79 Å². The van der Waals surface area contributed by atoms with E-state index in [1.807, 2.05) is 36.4 Å². The van der Waals surface area contributed by atoms with Crippen molar-refractivity contribution in [3.05, 3.63) is 72.3 Å². The topological polar surface area (TPSA) is 71.8 Å². The second kappa shape index (κ2) is 7.61. The van der Waals surface area contributed by atoms with Crippen LogP contribution in [0.5, 0.6) is 0 Å². The molecule has 1 atom stereocenters. The molecule has 25 heavy (non-hydrogen) atoms. The highest BCUT2D eigenvalue weighted by Gasteiger charge is 2.16. The van der Waals surface area contributed by atoms with Crippen LogP contribution in [0.4, 0.5) is 11.4 Å². The molecule has 6 nitrogen and oxygen atoms in total. The van der Waals surface area contributed by atoms with Gasteiger partial charge < -0.3 is 10.6 Å². The molecule has 1 heterocycles. The molecule has 6 heteroatoms. The molecule has 0 aliphatic rings. The standard InChI is InChI=1S/C19H21N5O/c1-14-7-3-4-8-16(14)11-21-17-9-5-6-10-18(17)23-19(25)15(2)24-13-20-12-22-24/h3-10,12-13,15,21H,11H2,1-2H3,(H,23,25)/t15-/m1/s1. The lowest BCUT2D eigenvalue weighted by Crippen LogP contribution is -2.24. The number of nitrogens with zero attached hydrogens (tertiary/aromatic N) is 3. The fraction of sp³-hybridized carbons (Fsp3) is 0.211. The van der Waals surface area contributed by atoms with Gasteiger partial charge in [-0.25, -0.2) is 9.67 Å². The summed E-state index contributed by atoms with van der Waals surface area (Å²) in [5.41, 5.74) is 4.08. The van der Waals surface area contributed by atoms with Crippen molar-refractivity contribution in [2.75, 3.05) is 10.6 Å². The number of carbonyl (C=O) groups excluding carboxylic acids is 1. The number of anilines is 2. The number of nitrogens with one attached hydrogen (secondary N) is 2. The maximum Gasteiger partial charge on any atom is 0.249 e. The van der Waals surface area contributed by atoms with E-state index in [0.717, 1.165) is 11.4 Å². The Labute approximate surface area is 146 Å². The number of carbonyl (C=O) groups is 1. The van der Waals surface area contributed by atoms with Gasteiger partial charge in [-0.15, -0.1) is 0 Å². The molecule has 0 spiro atoms. The fourth-order valence-corrected chi connectivity index (χ4v) is 2.52. The summed E-state index contributed by atoms with van der Waals surface area (Å²) < 4.78 is 1.53. The number of aryl methyl sites for hydroxylation is 1. The van der Waals surface area contributed by atoms with Crippen LogP contribution < -0.4 is 10.6 Å². The quantitative estimate of drug-likeness (QED) is 0.724. The van der Waals surface area contributed by atoms with Crippen LogP contribution in [0.1, 0.15) is 24.1 Å². The second-order valence-corrected chi connectivity index (χ2v) is 5.87. The van der Waals surface area contributed by atoms with Crippen molar-refractivity contribution in [3.63, 3.8) is 0 Å². The molecular weight excluding hydrogens is 314 g/mol. The van der Waals surface area contributed by atoms with Crippen molar-refractivity contribution in [1.29, 1.82) is 0 Å². The van der Waals surface area contributed by atoms with E-state index in [4.69, 9.17) is 0 Å². The highest BCUT2D eigenvalue weighted by Crippen LogP contribution is 2.23. The van der Waals surface area contributed by atoms with Crippen molar-refractivity contribution in [2.24, 2.45) is 0 Å². The van der Waals surface area contributed by atoms with E-state index < -0.39 is 6.04 Å². The summed E-state index contributed by atoms with van der Waals surface area (Å²) in [6, 6.07) is 15.5. The monoisotopic (exact) mass is 335 g/mol. The molecule has 0 saturated carbocycles. The maximum atomic E-state index is 12.5. The zero-order valence-electron chi connectivity index (χ0n) is 14.3. The molecule has 0 unspecified atom stereocenters. The minimum atomic E-state index is -0.438. The predicted octanol–water partition coefficient (Wildman–Crippen LogP) is 3.40. The van der Waals surface area contributed by atoms with E-state index in [9.17, 15) is 4.79 Å². The first-order chi connectivity index (χ1) is 12.1. The third-order valence-electron chi connectivity index (χ3n) is 4.13. The van der Waals surface area contributed by atoms with Crippen LogP contribution >= 0.6 is 0 Å². The first-order valence-corrected chi connectivity index (χ1v) is 8.17. The summed E-state index contributed by atoms with van der Waals surface area (Å²) in [4.78, 5) is 16.3. The minimum absolute atomic E-state index is 0.143. The van der Waals surface area contributed by atoms with Gasteiger partial charge in [0.1, 0.15) is 18.7 Å². The molecule has 1 amide bonds. The zero-order chi connectivity index (χ0) is 17.6. The zero-order valence-corrected chi connectivity index (χ0v) is 14.3. The molecule has 128 valence electrons. The molecule has 1 aromatic heterocycles. The summed E-state index contributed by atoms with van der Waals surface area (Å²) >= 11 is 0.